The molecule has 0 aliphatic carbocycles. The molecule has 7 nitrogen and oxygen atoms in total. The first-order valence-corrected chi connectivity index (χ1v) is 12.1. The smallest absolute Gasteiger partial charge is 0.257 e. The minimum Gasteiger partial charge on any atom is -0.497 e. The second-order valence-corrected chi connectivity index (χ2v) is 9.89. The number of benzene rings is 3. The van der Waals surface area contributed by atoms with Crippen LogP contribution in [0, 0.1) is 6.92 Å². The van der Waals surface area contributed by atoms with Crippen LogP contribution in [0.5, 0.6) is 5.75 Å². The van der Waals surface area contributed by atoms with Crippen molar-refractivity contribution >= 4 is 42.6 Å². The number of ether oxygens (including phenoxy) is 1. The number of thiazole rings is 1. The summed E-state index contributed by atoms with van der Waals surface area (Å²) in [6.45, 7) is 1.92. The van der Waals surface area contributed by atoms with Crippen molar-refractivity contribution in [2.45, 2.75) is 18.4 Å². The molecule has 0 atom stereocenters. The largest absolute Gasteiger partial charge is 0.497 e. The van der Waals surface area contributed by atoms with Crippen molar-refractivity contribution in [3.05, 3.63) is 83.4 Å². The van der Waals surface area contributed by atoms with Crippen LogP contribution < -0.4 is 14.8 Å². The van der Waals surface area contributed by atoms with Crippen molar-refractivity contribution < 1.29 is 17.9 Å². The molecule has 2 N–H and O–H groups in total. The van der Waals surface area contributed by atoms with E-state index < -0.39 is 15.9 Å². The Morgan fingerprint density at radius 1 is 1.06 bits per heavy atom. The van der Waals surface area contributed by atoms with E-state index in [-0.39, 0.29) is 17.0 Å². The van der Waals surface area contributed by atoms with Gasteiger partial charge < -0.3 is 4.74 Å². The Kier molecular flexibility index (Phi) is 6.22. The van der Waals surface area contributed by atoms with Gasteiger partial charge in [0.25, 0.3) is 5.91 Å². The number of methoxy groups -OCH3 is 1. The maximum Gasteiger partial charge on any atom is 0.257 e. The summed E-state index contributed by atoms with van der Waals surface area (Å²) in [5.74, 6) is 0.282. The summed E-state index contributed by atoms with van der Waals surface area (Å²) in [6.07, 6.45) is 0. The molecule has 0 aliphatic rings. The molecule has 0 radical (unpaired) electrons. The lowest BCUT2D eigenvalue weighted by Gasteiger charge is -2.10. The molecule has 0 fully saturated rings. The molecule has 32 heavy (non-hydrogen) atoms. The quantitative estimate of drug-likeness (QED) is 0.421. The molecular formula is C23H21N3O4S2. The molecule has 0 saturated heterocycles. The van der Waals surface area contributed by atoms with Gasteiger partial charge in [-0.25, -0.2) is 18.1 Å². The highest BCUT2D eigenvalue weighted by molar-refractivity contribution is 7.89. The Bertz CT molecular complexity index is 1380. The van der Waals surface area contributed by atoms with Crippen molar-refractivity contribution in [1.29, 1.82) is 0 Å². The second-order valence-electron chi connectivity index (χ2n) is 7.09. The van der Waals surface area contributed by atoms with Gasteiger partial charge in [0.15, 0.2) is 5.13 Å². The molecule has 1 amide bonds. The van der Waals surface area contributed by atoms with E-state index in [2.05, 4.69) is 15.0 Å². The van der Waals surface area contributed by atoms with Crippen LogP contribution in [0.15, 0.2) is 71.6 Å². The number of carbonyl (C=O) groups is 1. The summed E-state index contributed by atoms with van der Waals surface area (Å²) in [5.41, 5.74) is 2.51. The third kappa shape index (κ3) is 4.80. The van der Waals surface area contributed by atoms with Crippen LogP contribution in [0.1, 0.15) is 21.5 Å². The lowest BCUT2D eigenvalue weighted by atomic mass is 10.1. The van der Waals surface area contributed by atoms with E-state index in [0.717, 1.165) is 15.8 Å². The van der Waals surface area contributed by atoms with E-state index in [1.54, 1.807) is 26.2 Å². The second kappa shape index (κ2) is 9.07. The number of aryl methyl sites for hydroxylation is 1. The van der Waals surface area contributed by atoms with Crippen molar-refractivity contribution in [1.82, 2.24) is 9.71 Å². The maximum absolute atomic E-state index is 12.9. The summed E-state index contributed by atoms with van der Waals surface area (Å²) >= 11 is 1.32. The molecule has 0 spiro atoms. The summed E-state index contributed by atoms with van der Waals surface area (Å²) in [6, 6.07) is 19.2. The Hall–Kier alpha value is -3.27. The van der Waals surface area contributed by atoms with Gasteiger partial charge in [0, 0.05) is 12.1 Å². The molecule has 0 bridgehead atoms. The highest BCUT2D eigenvalue weighted by atomic mass is 32.2. The lowest BCUT2D eigenvalue weighted by molar-refractivity contribution is 0.102. The van der Waals surface area contributed by atoms with Gasteiger partial charge in [-0.1, -0.05) is 47.7 Å². The normalized spacial score (nSPS) is 11.4. The van der Waals surface area contributed by atoms with E-state index in [9.17, 15) is 13.2 Å². The van der Waals surface area contributed by atoms with Crippen LogP contribution in [0.2, 0.25) is 0 Å². The minimum absolute atomic E-state index is 0.0261. The zero-order chi connectivity index (χ0) is 22.7. The standard InChI is InChI=1S/C23H21N3O4S2/c1-15-8-10-18(32(28,29)24-14-16-6-4-3-5-7-16)13-19(15)22(27)26-23-25-20-11-9-17(30-2)12-21(20)31-23/h3-13,24H,14H2,1-2H3,(H,25,26,27). The molecule has 164 valence electrons. The van der Waals surface area contributed by atoms with Gasteiger partial charge in [-0.05, 0) is 48.4 Å². The fraction of sp³-hybridized carbons (Fsp3) is 0.130. The van der Waals surface area contributed by atoms with Crippen molar-refractivity contribution in [2.75, 3.05) is 12.4 Å². The number of anilines is 1. The fourth-order valence-electron chi connectivity index (χ4n) is 3.12. The van der Waals surface area contributed by atoms with Crippen LogP contribution >= 0.6 is 11.3 Å². The van der Waals surface area contributed by atoms with E-state index in [0.29, 0.717) is 16.4 Å². The van der Waals surface area contributed by atoms with Gasteiger partial charge >= 0.3 is 0 Å². The van der Waals surface area contributed by atoms with Gasteiger partial charge in [0.2, 0.25) is 10.0 Å². The van der Waals surface area contributed by atoms with Gasteiger partial charge in [0.05, 0.1) is 22.2 Å². The average Bonchev–Trinajstić information content (AvgIpc) is 3.19. The maximum atomic E-state index is 12.9. The van der Waals surface area contributed by atoms with E-state index in [1.807, 2.05) is 42.5 Å². The molecule has 1 heterocycles. The Labute approximate surface area is 190 Å². The zero-order valence-corrected chi connectivity index (χ0v) is 19.1. The predicted molar refractivity (Wildman–Crippen MR) is 126 cm³/mol. The first-order chi connectivity index (χ1) is 15.4. The average molecular weight is 468 g/mol. The number of hydrogen-bond donors (Lipinski definition) is 2. The molecule has 4 aromatic rings. The fourth-order valence-corrected chi connectivity index (χ4v) is 5.05. The summed E-state index contributed by atoms with van der Waals surface area (Å²) in [5, 5.41) is 3.20. The van der Waals surface area contributed by atoms with Gasteiger partial charge in [-0.3, -0.25) is 10.1 Å². The number of sulfonamides is 1. The molecule has 0 aliphatic heterocycles. The van der Waals surface area contributed by atoms with Crippen LogP contribution in [-0.2, 0) is 16.6 Å². The SMILES string of the molecule is COc1ccc2nc(NC(=O)c3cc(S(=O)(=O)NCc4ccccc4)ccc3C)sc2c1. The van der Waals surface area contributed by atoms with Crippen molar-refractivity contribution in [3.63, 3.8) is 0 Å². The number of rotatable bonds is 7. The van der Waals surface area contributed by atoms with Crippen molar-refractivity contribution in [2.24, 2.45) is 0 Å². The topological polar surface area (TPSA) is 97.4 Å². The first kappa shape index (κ1) is 21.9. The third-order valence-electron chi connectivity index (χ3n) is 4.89. The predicted octanol–water partition coefficient (Wildman–Crippen LogP) is 4.34. The molecule has 0 unspecified atom stereocenters. The van der Waals surface area contributed by atoms with Crippen LogP contribution in [0.3, 0.4) is 0 Å². The molecular weight excluding hydrogens is 446 g/mol. The monoisotopic (exact) mass is 467 g/mol. The van der Waals surface area contributed by atoms with E-state index in [4.69, 9.17) is 4.74 Å². The highest BCUT2D eigenvalue weighted by Gasteiger charge is 2.19. The lowest BCUT2D eigenvalue weighted by Crippen LogP contribution is -2.24. The van der Waals surface area contributed by atoms with E-state index >= 15 is 0 Å². The number of nitrogens with zero attached hydrogens (tertiary/aromatic N) is 1. The van der Waals surface area contributed by atoms with Gasteiger partial charge in [-0.2, -0.15) is 0 Å². The summed E-state index contributed by atoms with van der Waals surface area (Å²) < 4.78 is 34.2. The minimum atomic E-state index is -3.79. The Balaban J connectivity index is 1.54. The van der Waals surface area contributed by atoms with Crippen LogP contribution in [0.4, 0.5) is 5.13 Å². The molecule has 3 aromatic carbocycles. The van der Waals surface area contributed by atoms with Crippen LogP contribution in [0.25, 0.3) is 10.2 Å². The third-order valence-corrected chi connectivity index (χ3v) is 7.22. The Morgan fingerprint density at radius 3 is 2.59 bits per heavy atom. The number of amides is 1. The Morgan fingerprint density at radius 2 is 1.84 bits per heavy atom. The van der Waals surface area contributed by atoms with Crippen LogP contribution in [-0.4, -0.2) is 26.4 Å². The first-order valence-electron chi connectivity index (χ1n) is 9.76. The number of carbonyl (C=O) groups excluding carboxylic acids is 1. The zero-order valence-electron chi connectivity index (χ0n) is 17.5. The summed E-state index contributed by atoms with van der Waals surface area (Å²) in [4.78, 5) is 17.4. The van der Waals surface area contributed by atoms with Gasteiger partial charge in [0.1, 0.15) is 5.75 Å². The van der Waals surface area contributed by atoms with Gasteiger partial charge in [-0.15, -0.1) is 0 Å². The number of nitrogens with one attached hydrogen (secondary N) is 2. The summed E-state index contributed by atoms with van der Waals surface area (Å²) in [7, 11) is -2.20. The molecule has 9 heteroatoms. The molecule has 4 rings (SSSR count). The number of hydrogen-bond acceptors (Lipinski definition) is 6. The van der Waals surface area contributed by atoms with Crippen molar-refractivity contribution in [3.8, 4) is 5.75 Å². The van der Waals surface area contributed by atoms with E-state index in [1.165, 1.54) is 23.5 Å². The number of aromatic nitrogens is 1. The molecule has 0 saturated carbocycles. The number of fused-ring (bicyclic) bond motifs is 1. The molecule has 1 aromatic heterocycles. The highest BCUT2D eigenvalue weighted by Crippen LogP contribution is 2.29.